The SMILES string of the molecule is Cc1c(C=Nn2c(C(C)C)nc3ccc(Br)cc3c2=O)c2ccccc2n1CC(=O)Nc1ccc(Cl)cc1. The van der Waals surface area contributed by atoms with Gasteiger partial charge < -0.3 is 9.88 Å². The van der Waals surface area contributed by atoms with Gasteiger partial charge in [0.25, 0.3) is 5.56 Å². The summed E-state index contributed by atoms with van der Waals surface area (Å²) in [7, 11) is 0. The zero-order valence-electron chi connectivity index (χ0n) is 21.1. The zero-order chi connectivity index (χ0) is 27.0. The van der Waals surface area contributed by atoms with Crippen LogP contribution in [0.3, 0.4) is 0 Å². The van der Waals surface area contributed by atoms with E-state index in [0.29, 0.717) is 27.4 Å². The molecule has 3 aromatic carbocycles. The molecule has 0 spiro atoms. The Balaban J connectivity index is 1.56. The molecule has 0 bridgehead atoms. The number of halogens is 2. The number of nitrogens with one attached hydrogen (secondary N) is 1. The minimum atomic E-state index is -0.236. The Morgan fingerprint density at radius 3 is 2.58 bits per heavy atom. The summed E-state index contributed by atoms with van der Waals surface area (Å²) in [4.78, 5) is 31.1. The van der Waals surface area contributed by atoms with Gasteiger partial charge in [-0.3, -0.25) is 9.59 Å². The van der Waals surface area contributed by atoms with Crippen molar-refractivity contribution in [1.82, 2.24) is 14.2 Å². The van der Waals surface area contributed by atoms with E-state index in [1.54, 1.807) is 36.5 Å². The normalized spacial score (nSPS) is 11.7. The number of aromatic nitrogens is 3. The number of hydrogen-bond acceptors (Lipinski definition) is 4. The number of hydrogen-bond donors (Lipinski definition) is 1. The number of carbonyl (C=O) groups is 1. The van der Waals surface area contributed by atoms with E-state index in [-0.39, 0.29) is 23.9 Å². The van der Waals surface area contributed by atoms with Gasteiger partial charge in [0.2, 0.25) is 5.91 Å². The molecular formula is C29H25BrClN5O2. The van der Waals surface area contributed by atoms with Crippen molar-refractivity contribution in [3.8, 4) is 0 Å². The molecule has 7 nitrogen and oxygen atoms in total. The predicted molar refractivity (Wildman–Crippen MR) is 158 cm³/mol. The largest absolute Gasteiger partial charge is 0.335 e. The van der Waals surface area contributed by atoms with Gasteiger partial charge in [0, 0.05) is 43.3 Å². The monoisotopic (exact) mass is 589 g/mol. The van der Waals surface area contributed by atoms with Gasteiger partial charge in [-0.25, -0.2) is 4.98 Å². The van der Waals surface area contributed by atoms with Gasteiger partial charge >= 0.3 is 0 Å². The number of fused-ring (bicyclic) bond motifs is 2. The number of carbonyl (C=O) groups excluding carboxylic acids is 1. The van der Waals surface area contributed by atoms with Crippen molar-refractivity contribution in [2.75, 3.05) is 5.32 Å². The molecule has 5 rings (SSSR count). The number of anilines is 1. The second kappa shape index (κ2) is 10.6. The maximum Gasteiger partial charge on any atom is 0.282 e. The topological polar surface area (TPSA) is 81.3 Å². The highest BCUT2D eigenvalue weighted by Crippen LogP contribution is 2.25. The minimum Gasteiger partial charge on any atom is -0.335 e. The van der Waals surface area contributed by atoms with Crippen LogP contribution in [0.25, 0.3) is 21.8 Å². The number of amides is 1. The summed E-state index contributed by atoms with van der Waals surface area (Å²) in [6.07, 6.45) is 1.68. The van der Waals surface area contributed by atoms with Gasteiger partial charge in [0.05, 0.1) is 17.1 Å². The van der Waals surface area contributed by atoms with Gasteiger partial charge in [-0.05, 0) is 55.5 Å². The van der Waals surface area contributed by atoms with Crippen LogP contribution in [-0.4, -0.2) is 26.3 Å². The van der Waals surface area contributed by atoms with E-state index in [1.165, 1.54) is 4.68 Å². The second-order valence-electron chi connectivity index (χ2n) is 9.31. The number of nitrogens with zero attached hydrogens (tertiary/aromatic N) is 4. The van der Waals surface area contributed by atoms with Crippen LogP contribution in [0, 0.1) is 6.92 Å². The zero-order valence-corrected chi connectivity index (χ0v) is 23.4. The number of para-hydroxylation sites is 1. The predicted octanol–water partition coefficient (Wildman–Crippen LogP) is 6.72. The van der Waals surface area contributed by atoms with Crippen LogP contribution < -0.4 is 10.9 Å². The first kappa shape index (κ1) is 25.9. The third-order valence-corrected chi connectivity index (χ3v) is 7.11. The molecule has 0 fully saturated rings. The molecule has 9 heteroatoms. The summed E-state index contributed by atoms with van der Waals surface area (Å²) in [5, 5.41) is 9.57. The van der Waals surface area contributed by atoms with Crippen LogP contribution in [0.1, 0.15) is 36.8 Å². The molecule has 0 radical (unpaired) electrons. The first-order chi connectivity index (χ1) is 18.2. The summed E-state index contributed by atoms with van der Waals surface area (Å²) >= 11 is 9.40. The smallest absolute Gasteiger partial charge is 0.282 e. The van der Waals surface area contributed by atoms with Crippen LogP contribution in [-0.2, 0) is 11.3 Å². The molecule has 192 valence electrons. The first-order valence-corrected chi connectivity index (χ1v) is 13.3. The molecule has 0 aliphatic heterocycles. The van der Waals surface area contributed by atoms with E-state index in [1.807, 2.05) is 61.7 Å². The molecule has 1 N–H and O–H groups in total. The fourth-order valence-corrected chi connectivity index (χ4v) is 4.96. The van der Waals surface area contributed by atoms with Gasteiger partial charge in [-0.1, -0.05) is 59.6 Å². The molecular weight excluding hydrogens is 566 g/mol. The Hall–Kier alpha value is -3.75. The quantitative estimate of drug-likeness (QED) is 0.223. The van der Waals surface area contributed by atoms with E-state index < -0.39 is 0 Å². The molecule has 1 amide bonds. The summed E-state index contributed by atoms with van der Waals surface area (Å²) in [5.41, 5.74) is 3.65. The van der Waals surface area contributed by atoms with Crippen LogP contribution in [0.5, 0.6) is 0 Å². The lowest BCUT2D eigenvalue weighted by molar-refractivity contribution is -0.116. The standard InChI is InChI=1S/C29H25BrClN5O2/c1-17(2)28-34-25-13-8-19(30)14-23(25)29(38)36(28)32-15-24-18(3)35(26-7-5-4-6-22(24)26)16-27(37)33-21-11-9-20(31)10-12-21/h4-15,17H,16H2,1-3H3,(H,33,37). The van der Waals surface area contributed by atoms with Crippen molar-refractivity contribution < 1.29 is 4.79 Å². The van der Waals surface area contributed by atoms with Gasteiger partial charge in [0.1, 0.15) is 12.4 Å². The third kappa shape index (κ3) is 5.01. The highest BCUT2D eigenvalue weighted by Gasteiger charge is 2.17. The summed E-state index contributed by atoms with van der Waals surface area (Å²) < 4.78 is 4.12. The number of rotatable bonds is 6. The van der Waals surface area contributed by atoms with E-state index in [0.717, 1.165) is 26.6 Å². The van der Waals surface area contributed by atoms with E-state index in [9.17, 15) is 9.59 Å². The minimum absolute atomic E-state index is 0.0214. The van der Waals surface area contributed by atoms with E-state index >= 15 is 0 Å². The molecule has 0 saturated heterocycles. The Morgan fingerprint density at radius 1 is 1.11 bits per heavy atom. The molecule has 2 heterocycles. The lowest BCUT2D eigenvalue weighted by atomic mass is 10.1. The van der Waals surface area contributed by atoms with Crippen LogP contribution in [0.2, 0.25) is 5.02 Å². The van der Waals surface area contributed by atoms with Crippen LogP contribution in [0.4, 0.5) is 5.69 Å². The van der Waals surface area contributed by atoms with Gasteiger partial charge in [-0.15, -0.1) is 0 Å². The van der Waals surface area contributed by atoms with Gasteiger partial charge in [0.15, 0.2) is 0 Å². The lowest BCUT2D eigenvalue weighted by Gasteiger charge is -2.12. The van der Waals surface area contributed by atoms with E-state index in [4.69, 9.17) is 16.6 Å². The van der Waals surface area contributed by atoms with Crippen LogP contribution >= 0.6 is 27.5 Å². The average Bonchev–Trinajstić information content (AvgIpc) is 3.15. The summed E-state index contributed by atoms with van der Waals surface area (Å²) in [6, 6.07) is 20.3. The fraction of sp³-hybridized carbons (Fsp3) is 0.172. The maximum atomic E-state index is 13.4. The summed E-state index contributed by atoms with van der Waals surface area (Å²) in [5.74, 6) is 0.388. The fourth-order valence-electron chi connectivity index (χ4n) is 4.47. The highest BCUT2D eigenvalue weighted by molar-refractivity contribution is 9.10. The number of benzene rings is 3. The van der Waals surface area contributed by atoms with Gasteiger partial charge in [-0.2, -0.15) is 9.78 Å². The van der Waals surface area contributed by atoms with Crippen molar-refractivity contribution in [3.05, 3.63) is 104 Å². The average molecular weight is 591 g/mol. The molecule has 5 aromatic rings. The van der Waals surface area contributed by atoms with E-state index in [2.05, 4.69) is 26.3 Å². The molecule has 0 aliphatic carbocycles. The Bertz CT molecular complexity index is 1770. The molecule has 0 unspecified atom stereocenters. The Morgan fingerprint density at radius 2 is 1.84 bits per heavy atom. The van der Waals surface area contributed by atoms with Crippen molar-refractivity contribution in [3.63, 3.8) is 0 Å². The third-order valence-electron chi connectivity index (χ3n) is 6.36. The van der Waals surface area contributed by atoms with Crippen molar-refractivity contribution in [2.24, 2.45) is 5.10 Å². The molecule has 38 heavy (non-hydrogen) atoms. The summed E-state index contributed by atoms with van der Waals surface area (Å²) in [6.45, 7) is 6.02. The Labute approximate surface area is 232 Å². The van der Waals surface area contributed by atoms with Crippen LogP contribution in [0.15, 0.2) is 81.1 Å². The molecule has 0 atom stereocenters. The molecule has 0 saturated carbocycles. The van der Waals surface area contributed by atoms with Crippen molar-refractivity contribution >= 4 is 67.1 Å². The highest BCUT2D eigenvalue weighted by atomic mass is 79.9. The molecule has 0 aliphatic rings. The van der Waals surface area contributed by atoms with Crippen molar-refractivity contribution in [1.29, 1.82) is 0 Å². The second-order valence-corrected chi connectivity index (χ2v) is 10.7. The maximum absolute atomic E-state index is 13.4. The van der Waals surface area contributed by atoms with Crippen molar-refractivity contribution in [2.45, 2.75) is 33.2 Å². The molecule has 2 aromatic heterocycles. The Kier molecular flexibility index (Phi) is 7.19. The first-order valence-electron chi connectivity index (χ1n) is 12.1. The lowest BCUT2D eigenvalue weighted by Crippen LogP contribution is -2.23.